The van der Waals surface area contributed by atoms with Crippen LogP contribution in [0.2, 0.25) is 0 Å². The lowest BCUT2D eigenvalue weighted by Crippen LogP contribution is -2.32. The minimum absolute atomic E-state index is 0.0584. The van der Waals surface area contributed by atoms with Gasteiger partial charge in [0.15, 0.2) is 0 Å². The Labute approximate surface area is 183 Å². The molecule has 0 fully saturated rings. The van der Waals surface area contributed by atoms with Crippen LogP contribution in [-0.4, -0.2) is 75.8 Å². The number of hydrogen-bond acceptors (Lipinski definition) is 6. The first-order valence-corrected chi connectivity index (χ1v) is 11.7. The molecule has 0 aromatic carbocycles. The van der Waals surface area contributed by atoms with Crippen molar-refractivity contribution in [2.75, 3.05) is 65.2 Å². The largest absolute Gasteiger partial charge is 0.379 e. The van der Waals surface area contributed by atoms with Gasteiger partial charge in [0.2, 0.25) is 5.91 Å². The average molecular weight is 436 g/mol. The van der Waals surface area contributed by atoms with E-state index < -0.39 is 0 Å². The van der Waals surface area contributed by atoms with Crippen molar-refractivity contribution in [1.82, 2.24) is 5.32 Å². The molecule has 0 unspecified atom stereocenters. The van der Waals surface area contributed by atoms with Crippen molar-refractivity contribution in [2.24, 2.45) is 11.3 Å². The third-order valence-electron chi connectivity index (χ3n) is 4.65. The highest BCUT2D eigenvalue weighted by atomic mass is 32.2. The van der Waals surface area contributed by atoms with Crippen LogP contribution in [0.25, 0.3) is 0 Å². The molecule has 0 spiro atoms. The van der Waals surface area contributed by atoms with Gasteiger partial charge >= 0.3 is 0 Å². The van der Waals surface area contributed by atoms with Gasteiger partial charge in [0, 0.05) is 17.9 Å². The summed E-state index contributed by atoms with van der Waals surface area (Å²) in [5, 5.41) is 2.88. The van der Waals surface area contributed by atoms with Crippen molar-refractivity contribution in [1.29, 1.82) is 0 Å². The van der Waals surface area contributed by atoms with E-state index in [1.807, 2.05) is 0 Å². The molecule has 7 heteroatoms. The van der Waals surface area contributed by atoms with Crippen LogP contribution in [0.3, 0.4) is 0 Å². The van der Waals surface area contributed by atoms with Crippen LogP contribution in [0.1, 0.15) is 54.9 Å². The summed E-state index contributed by atoms with van der Waals surface area (Å²) in [6.07, 6.45) is 1.05. The summed E-state index contributed by atoms with van der Waals surface area (Å²) in [6.45, 7) is 20.5. The number of thioether (sulfide) groups is 1. The molecule has 0 atom stereocenters. The van der Waals surface area contributed by atoms with E-state index in [9.17, 15) is 4.79 Å². The lowest BCUT2D eigenvalue weighted by Gasteiger charge is -2.28. The minimum atomic E-state index is 0.0584. The number of carbonyl (C=O) groups is 1. The van der Waals surface area contributed by atoms with Crippen molar-refractivity contribution in [2.45, 2.75) is 59.6 Å². The zero-order valence-electron chi connectivity index (χ0n) is 19.8. The zero-order chi connectivity index (χ0) is 22.2. The third kappa shape index (κ3) is 19.4. The van der Waals surface area contributed by atoms with Gasteiger partial charge < -0.3 is 24.3 Å². The SMILES string of the molecule is CC(C)C(C)(C)SCC(=O)NCCOCCOCCOCCOCCC(C)(C)C. The van der Waals surface area contributed by atoms with Crippen molar-refractivity contribution >= 4 is 17.7 Å². The normalized spacial score (nSPS) is 12.6. The van der Waals surface area contributed by atoms with Gasteiger partial charge in [-0.3, -0.25) is 4.79 Å². The Balaban J connectivity index is 3.31. The summed E-state index contributed by atoms with van der Waals surface area (Å²) in [6, 6.07) is 0. The summed E-state index contributed by atoms with van der Waals surface area (Å²) in [7, 11) is 0. The molecule has 0 heterocycles. The molecule has 0 radical (unpaired) electrons. The highest BCUT2D eigenvalue weighted by molar-refractivity contribution is 8.01. The molecule has 0 saturated heterocycles. The van der Waals surface area contributed by atoms with Crippen LogP contribution in [-0.2, 0) is 23.7 Å². The topological polar surface area (TPSA) is 66.0 Å². The van der Waals surface area contributed by atoms with E-state index in [0.717, 1.165) is 13.0 Å². The first-order valence-electron chi connectivity index (χ1n) is 10.8. The maximum absolute atomic E-state index is 11.8. The Hall–Kier alpha value is -0.340. The molecule has 0 rings (SSSR count). The quantitative estimate of drug-likeness (QED) is 0.331. The molecule has 0 aliphatic rings. The Morgan fingerprint density at radius 1 is 0.793 bits per heavy atom. The number of amides is 1. The number of nitrogens with one attached hydrogen (secondary N) is 1. The van der Waals surface area contributed by atoms with Crippen LogP contribution in [0, 0.1) is 11.3 Å². The number of ether oxygens (including phenoxy) is 4. The van der Waals surface area contributed by atoms with Crippen molar-refractivity contribution in [3.05, 3.63) is 0 Å². The molecule has 0 aliphatic heterocycles. The minimum Gasteiger partial charge on any atom is -0.379 e. The molecule has 0 saturated carbocycles. The molecular weight excluding hydrogens is 390 g/mol. The fourth-order valence-corrected chi connectivity index (χ4v) is 2.81. The summed E-state index contributed by atoms with van der Waals surface area (Å²) in [4.78, 5) is 11.8. The van der Waals surface area contributed by atoms with Gasteiger partial charge in [-0.2, -0.15) is 0 Å². The summed E-state index contributed by atoms with van der Waals surface area (Å²) >= 11 is 1.69. The molecule has 174 valence electrons. The van der Waals surface area contributed by atoms with Gasteiger partial charge in [-0.1, -0.05) is 48.5 Å². The Morgan fingerprint density at radius 3 is 1.69 bits per heavy atom. The van der Waals surface area contributed by atoms with Gasteiger partial charge in [0.1, 0.15) is 0 Å². The first-order chi connectivity index (χ1) is 13.5. The van der Waals surface area contributed by atoms with E-state index >= 15 is 0 Å². The number of hydrogen-bond donors (Lipinski definition) is 1. The maximum Gasteiger partial charge on any atom is 0.230 e. The second-order valence-corrected chi connectivity index (χ2v) is 10.8. The fourth-order valence-electron chi connectivity index (χ4n) is 1.87. The summed E-state index contributed by atoms with van der Waals surface area (Å²) in [5.74, 6) is 1.07. The van der Waals surface area contributed by atoms with Crippen LogP contribution < -0.4 is 5.32 Å². The lowest BCUT2D eigenvalue weighted by atomic mass is 9.93. The van der Waals surface area contributed by atoms with E-state index in [1.54, 1.807) is 11.8 Å². The third-order valence-corrected chi connectivity index (χ3v) is 6.27. The molecule has 29 heavy (non-hydrogen) atoms. The predicted octanol–water partition coefficient (Wildman–Crippen LogP) is 3.77. The predicted molar refractivity (Wildman–Crippen MR) is 122 cm³/mol. The fraction of sp³-hybridized carbons (Fsp3) is 0.955. The Morgan fingerprint density at radius 2 is 1.24 bits per heavy atom. The van der Waals surface area contributed by atoms with Crippen LogP contribution >= 0.6 is 11.8 Å². The van der Waals surface area contributed by atoms with Crippen LogP contribution in [0.15, 0.2) is 0 Å². The number of carbonyl (C=O) groups excluding carboxylic acids is 1. The van der Waals surface area contributed by atoms with E-state index in [4.69, 9.17) is 18.9 Å². The zero-order valence-corrected chi connectivity index (χ0v) is 20.6. The van der Waals surface area contributed by atoms with E-state index in [0.29, 0.717) is 69.9 Å². The molecule has 6 nitrogen and oxygen atoms in total. The highest BCUT2D eigenvalue weighted by Crippen LogP contribution is 2.31. The van der Waals surface area contributed by atoms with Gasteiger partial charge in [0.25, 0.3) is 0 Å². The van der Waals surface area contributed by atoms with Gasteiger partial charge in [0.05, 0.1) is 52.0 Å². The highest BCUT2D eigenvalue weighted by Gasteiger charge is 2.23. The molecule has 1 N–H and O–H groups in total. The van der Waals surface area contributed by atoms with Crippen LogP contribution in [0.5, 0.6) is 0 Å². The lowest BCUT2D eigenvalue weighted by molar-refractivity contribution is -0.118. The Bertz CT molecular complexity index is 410. The molecular formula is C22H45NO5S. The molecule has 0 aliphatic carbocycles. The average Bonchev–Trinajstić information content (AvgIpc) is 2.62. The Kier molecular flexibility index (Phi) is 16.2. The van der Waals surface area contributed by atoms with Crippen LogP contribution in [0.4, 0.5) is 0 Å². The first kappa shape index (κ1) is 28.7. The second-order valence-electron chi connectivity index (χ2n) is 9.16. The van der Waals surface area contributed by atoms with E-state index in [-0.39, 0.29) is 10.7 Å². The van der Waals surface area contributed by atoms with E-state index in [2.05, 4.69) is 53.8 Å². The van der Waals surface area contributed by atoms with Gasteiger partial charge in [-0.05, 0) is 17.8 Å². The second kappa shape index (κ2) is 16.4. The van der Waals surface area contributed by atoms with E-state index in [1.165, 1.54) is 0 Å². The molecule has 0 aromatic heterocycles. The van der Waals surface area contributed by atoms with Gasteiger partial charge in [-0.15, -0.1) is 11.8 Å². The van der Waals surface area contributed by atoms with Crippen molar-refractivity contribution in [3.8, 4) is 0 Å². The molecule has 0 aromatic rings. The summed E-state index contributed by atoms with van der Waals surface area (Å²) in [5.41, 5.74) is 0.312. The molecule has 0 bridgehead atoms. The van der Waals surface area contributed by atoms with Crippen molar-refractivity contribution in [3.63, 3.8) is 0 Å². The molecule has 1 amide bonds. The summed E-state index contributed by atoms with van der Waals surface area (Å²) < 4.78 is 22.0. The maximum atomic E-state index is 11.8. The van der Waals surface area contributed by atoms with Gasteiger partial charge in [-0.25, -0.2) is 0 Å². The smallest absolute Gasteiger partial charge is 0.230 e. The van der Waals surface area contributed by atoms with Crippen molar-refractivity contribution < 1.29 is 23.7 Å². The standard InChI is InChI=1S/C22H45NO5S/c1-19(2)22(6,7)29-18-20(24)23-9-11-26-13-15-28-17-16-27-14-12-25-10-8-21(3,4)5/h19H,8-18H2,1-7H3,(H,23,24). The number of rotatable bonds is 18. The monoisotopic (exact) mass is 435 g/mol.